The number of aliphatic carboxylic acids is 1. The van der Waals surface area contributed by atoms with Crippen molar-refractivity contribution in [3.8, 4) is 0 Å². The number of benzene rings is 1. The molecule has 0 saturated carbocycles. The summed E-state index contributed by atoms with van der Waals surface area (Å²) in [6, 6.07) is 9.14. The van der Waals surface area contributed by atoms with E-state index in [4.69, 9.17) is 5.11 Å². The van der Waals surface area contributed by atoms with Crippen LogP contribution in [0.25, 0.3) is 0 Å². The summed E-state index contributed by atoms with van der Waals surface area (Å²) < 4.78 is 0. The second-order valence-electron chi connectivity index (χ2n) is 6.83. The number of hydrogen-bond acceptors (Lipinski definition) is 4. The fourth-order valence-electron chi connectivity index (χ4n) is 2.99. The average molecular weight is 361 g/mol. The minimum Gasteiger partial charge on any atom is -0.480 e. The van der Waals surface area contributed by atoms with Crippen LogP contribution >= 0.6 is 0 Å². The molecule has 0 aliphatic carbocycles. The van der Waals surface area contributed by atoms with E-state index in [0.29, 0.717) is 13.1 Å². The minimum atomic E-state index is -1.06. The quantitative estimate of drug-likeness (QED) is 0.765. The highest BCUT2D eigenvalue weighted by Gasteiger charge is 2.25. The maximum Gasteiger partial charge on any atom is 0.326 e. The van der Waals surface area contributed by atoms with Crippen molar-refractivity contribution in [1.82, 2.24) is 10.2 Å². The number of hydrogen-bond donors (Lipinski definition) is 2. The first-order valence-electron chi connectivity index (χ1n) is 8.98. The Morgan fingerprint density at radius 3 is 2.19 bits per heavy atom. The van der Waals surface area contributed by atoms with Gasteiger partial charge >= 0.3 is 5.97 Å². The molecule has 0 spiro atoms. The summed E-state index contributed by atoms with van der Waals surface area (Å²) in [5.41, 5.74) is 1.15. The monoisotopic (exact) mass is 361 g/mol. The van der Waals surface area contributed by atoms with Gasteiger partial charge in [-0.15, -0.1) is 0 Å². The number of para-hydroxylation sites is 1. The van der Waals surface area contributed by atoms with Gasteiger partial charge in [-0.1, -0.05) is 32.0 Å². The van der Waals surface area contributed by atoms with Gasteiger partial charge in [0.2, 0.25) is 11.8 Å². The summed E-state index contributed by atoms with van der Waals surface area (Å²) in [7, 11) is 0. The molecule has 26 heavy (non-hydrogen) atoms. The van der Waals surface area contributed by atoms with E-state index in [1.54, 1.807) is 18.7 Å². The Morgan fingerprint density at radius 1 is 1.04 bits per heavy atom. The molecule has 2 N–H and O–H groups in total. The van der Waals surface area contributed by atoms with Crippen molar-refractivity contribution >= 4 is 23.5 Å². The maximum absolute atomic E-state index is 12.3. The summed E-state index contributed by atoms with van der Waals surface area (Å²) in [6.07, 6.45) is 0.107. The molecule has 0 bridgehead atoms. The molecule has 0 radical (unpaired) electrons. The molecule has 1 aromatic carbocycles. The van der Waals surface area contributed by atoms with Gasteiger partial charge in [0.25, 0.3) is 0 Å². The topological polar surface area (TPSA) is 90.0 Å². The third kappa shape index (κ3) is 5.47. The second kappa shape index (κ2) is 9.22. The van der Waals surface area contributed by atoms with Crippen LogP contribution in [0.2, 0.25) is 0 Å². The predicted molar refractivity (Wildman–Crippen MR) is 98.9 cm³/mol. The lowest BCUT2D eigenvalue weighted by Gasteiger charge is -2.36. The molecule has 7 nitrogen and oxygen atoms in total. The van der Waals surface area contributed by atoms with Crippen LogP contribution in [0.5, 0.6) is 0 Å². The van der Waals surface area contributed by atoms with Crippen molar-refractivity contribution in [3.63, 3.8) is 0 Å². The number of carbonyl (C=O) groups is 3. The number of carboxylic acids is 1. The van der Waals surface area contributed by atoms with Gasteiger partial charge in [-0.3, -0.25) is 9.59 Å². The van der Waals surface area contributed by atoms with Crippen molar-refractivity contribution in [2.75, 3.05) is 31.1 Å². The van der Waals surface area contributed by atoms with Crippen molar-refractivity contribution < 1.29 is 19.5 Å². The Balaban J connectivity index is 1.75. The van der Waals surface area contributed by atoms with Crippen molar-refractivity contribution in [1.29, 1.82) is 0 Å². The van der Waals surface area contributed by atoms with Crippen LogP contribution in [0.1, 0.15) is 26.7 Å². The zero-order valence-corrected chi connectivity index (χ0v) is 15.4. The highest BCUT2D eigenvalue weighted by atomic mass is 16.4. The zero-order valence-electron chi connectivity index (χ0n) is 15.4. The SMILES string of the molecule is CC(C)[C@H](NC(=O)CCC(=O)N1CCN(c2ccccc2)CC1)C(=O)O. The molecule has 1 fully saturated rings. The number of carbonyl (C=O) groups excluding carboxylic acids is 2. The minimum absolute atomic E-state index is 0.00817. The molecule has 7 heteroatoms. The molecular formula is C19H27N3O4. The van der Waals surface area contributed by atoms with Crippen LogP contribution in [0.4, 0.5) is 5.69 Å². The first kappa shape index (κ1) is 19.8. The number of anilines is 1. The normalized spacial score (nSPS) is 15.7. The molecular weight excluding hydrogens is 334 g/mol. The first-order chi connectivity index (χ1) is 12.4. The Hall–Kier alpha value is -2.57. The molecule has 1 aromatic rings. The Bertz CT molecular complexity index is 625. The van der Waals surface area contributed by atoms with E-state index in [1.807, 2.05) is 18.2 Å². The summed E-state index contributed by atoms with van der Waals surface area (Å²) >= 11 is 0. The highest BCUT2D eigenvalue weighted by molar-refractivity contribution is 5.87. The van der Waals surface area contributed by atoms with Crippen LogP contribution in [0, 0.1) is 5.92 Å². The van der Waals surface area contributed by atoms with Gasteiger partial charge in [0, 0.05) is 44.7 Å². The molecule has 1 heterocycles. The van der Waals surface area contributed by atoms with Crippen LogP contribution in [-0.2, 0) is 14.4 Å². The lowest BCUT2D eigenvalue weighted by Crippen LogP contribution is -2.49. The highest BCUT2D eigenvalue weighted by Crippen LogP contribution is 2.16. The summed E-state index contributed by atoms with van der Waals surface area (Å²) in [6.45, 7) is 6.23. The van der Waals surface area contributed by atoms with Crippen LogP contribution in [0.15, 0.2) is 30.3 Å². The summed E-state index contributed by atoms with van der Waals surface area (Å²) in [4.78, 5) is 39.4. The molecule has 1 atom stereocenters. The van der Waals surface area contributed by atoms with Crippen LogP contribution < -0.4 is 10.2 Å². The van der Waals surface area contributed by atoms with Crippen molar-refractivity contribution in [2.45, 2.75) is 32.7 Å². The lowest BCUT2D eigenvalue weighted by atomic mass is 10.0. The van der Waals surface area contributed by atoms with Gasteiger partial charge in [-0.25, -0.2) is 4.79 Å². The number of amides is 2. The van der Waals surface area contributed by atoms with E-state index in [9.17, 15) is 14.4 Å². The third-order valence-corrected chi connectivity index (χ3v) is 4.57. The van der Waals surface area contributed by atoms with E-state index in [1.165, 1.54) is 0 Å². The summed E-state index contributed by atoms with van der Waals surface area (Å²) in [5, 5.41) is 11.6. The number of carboxylic acid groups (broad SMARTS) is 1. The largest absolute Gasteiger partial charge is 0.480 e. The molecule has 0 aromatic heterocycles. The lowest BCUT2D eigenvalue weighted by molar-refractivity contribution is -0.143. The Labute approximate surface area is 154 Å². The zero-order chi connectivity index (χ0) is 19.1. The van der Waals surface area contributed by atoms with Gasteiger partial charge in [0.15, 0.2) is 0 Å². The van der Waals surface area contributed by atoms with Crippen LogP contribution in [-0.4, -0.2) is 60.0 Å². The van der Waals surface area contributed by atoms with Gasteiger partial charge in [0.1, 0.15) is 6.04 Å². The van der Waals surface area contributed by atoms with Gasteiger partial charge < -0.3 is 20.2 Å². The molecule has 1 aliphatic heterocycles. The van der Waals surface area contributed by atoms with Crippen LogP contribution in [0.3, 0.4) is 0 Å². The van der Waals surface area contributed by atoms with E-state index in [2.05, 4.69) is 22.3 Å². The maximum atomic E-state index is 12.3. The Morgan fingerprint density at radius 2 is 1.65 bits per heavy atom. The van der Waals surface area contributed by atoms with Gasteiger partial charge in [0.05, 0.1) is 0 Å². The molecule has 1 saturated heterocycles. The second-order valence-corrected chi connectivity index (χ2v) is 6.83. The van der Waals surface area contributed by atoms with E-state index in [0.717, 1.165) is 18.8 Å². The fraction of sp³-hybridized carbons (Fsp3) is 0.526. The first-order valence-corrected chi connectivity index (χ1v) is 8.98. The molecule has 2 rings (SSSR count). The number of nitrogens with one attached hydrogen (secondary N) is 1. The standard InChI is InChI=1S/C19H27N3O4/c1-14(2)18(19(25)26)20-16(23)8-9-17(24)22-12-10-21(11-13-22)15-6-4-3-5-7-15/h3-7,14,18H,8-13H2,1-2H3,(H,20,23)(H,25,26)/t18-/m0/s1. The van der Waals surface area contributed by atoms with E-state index >= 15 is 0 Å². The van der Waals surface area contributed by atoms with Crippen molar-refractivity contribution in [3.05, 3.63) is 30.3 Å². The van der Waals surface area contributed by atoms with Crippen molar-refractivity contribution in [2.24, 2.45) is 5.92 Å². The van der Waals surface area contributed by atoms with E-state index in [-0.39, 0.29) is 24.7 Å². The number of piperazine rings is 1. The fourth-order valence-corrected chi connectivity index (χ4v) is 2.99. The summed E-state index contributed by atoms with van der Waals surface area (Å²) in [5.74, 6) is -1.73. The number of rotatable bonds is 7. The predicted octanol–water partition coefficient (Wildman–Crippen LogP) is 1.34. The molecule has 2 amide bonds. The van der Waals surface area contributed by atoms with Gasteiger partial charge in [-0.2, -0.15) is 0 Å². The average Bonchev–Trinajstić information content (AvgIpc) is 2.64. The number of nitrogens with zero attached hydrogens (tertiary/aromatic N) is 2. The third-order valence-electron chi connectivity index (χ3n) is 4.57. The molecule has 0 unspecified atom stereocenters. The Kier molecular flexibility index (Phi) is 7.00. The molecule has 1 aliphatic rings. The molecule has 142 valence electrons. The smallest absolute Gasteiger partial charge is 0.326 e. The van der Waals surface area contributed by atoms with E-state index < -0.39 is 17.9 Å². The van der Waals surface area contributed by atoms with Gasteiger partial charge in [-0.05, 0) is 18.1 Å².